The number of carbonyl (C=O) groups is 1. The molecule has 1 aliphatic rings. The Morgan fingerprint density at radius 2 is 1.81 bits per heavy atom. The molecular formula is C19H21FN2O3S. The van der Waals surface area contributed by atoms with Crippen LogP contribution in [0, 0.1) is 5.82 Å². The molecule has 1 fully saturated rings. The second kappa shape index (κ2) is 7.17. The van der Waals surface area contributed by atoms with E-state index < -0.39 is 10.0 Å². The van der Waals surface area contributed by atoms with Gasteiger partial charge in [-0.05, 0) is 48.7 Å². The molecule has 7 heteroatoms. The highest BCUT2D eigenvalue weighted by molar-refractivity contribution is 7.89. The number of benzene rings is 2. The fraction of sp³-hybridized carbons (Fsp3) is 0.316. The van der Waals surface area contributed by atoms with Crippen LogP contribution in [0.15, 0.2) is 53.4 Å². The molecular weight excluding hydrogens is 355 g/mol. The first-order chi connectivity index (χ1) is 12.3. The maximum absolute atomic E-state index is 13.4. The Morgan fingerprint density at radius 1 is 1.12 bits per heavy atom. The Bertz CT molecular complexity index is 924. The van der Waals surface area contributed by atoms with Crippen molar-refractivity contribution in [2.45, 2.75) is 30.3 Å². The van der Waals surface area contributed by atoms with E-state index in [1.807, 2.05) is 0 Å². The summed E-state index contributed by atoms with van der Waals surface area (Å²) in [5.41, 5.74) is 1.03. The van der Waals surface area contributed by atoms with Gasteiger partial charge in [0.15, 0.2) is 0 Å². The topological polar surface area (TPSA) is 57.7 Å². The highest BCUT2D eigenvalue weighted by atomic mass is 32.2. The van der Waals surface area contributed by atoms with Gasteiger partial charge in [0.1, 0.15) is 5.82 Å². The lowest BCUT2D eigenvalue weighted by atomic mass is 10.1. The first kappa shape index (κ1) is 18.5. The van der Waals surface area contributed by atoms with E-state index in [4.69, 9.17) is 0 Å². The van der Waals surface area contributed by atoms with Crippen LogP contribution in [0.3, 0.4) is 0 Å². The van der Waals surface area contributed by atoms with Crippen molar-refractivity contribution in [1.82, 2.24) is 9.21 Å². The summed E-state index contributed by atoms with van der Waals surface area (Å²) in [6.45, 7) is 0.298. The zero-order valence-electron chi connectivity index (χ0n) is 14.7. The number of sulfonamides is 1. The van der Waals surface area contributed by atoms with Gasteiger partial charge in [-0.1, -0.05) is 18.2 Å². The standard InChI is InChI=1S/C19H21FN2O3S/c1-21(2)26(24,25)18-8-4-6-15(12-18)19(23)22(17-9-10-17)13-14-5-3-7-16(20)11-14/h3-8,11-12,17H,9-10,13H2,1-2H3. The molecule has 0 radical (unpaired) electrons. The van der Waals surface area contributed by atoms with Crippen molar-refractivity contribution >= 4 is 15.9 Å². The monoisotopic (exact) mass is 376 g/mol. The van der Waals surface area contributed by atoms with E-state index in [9.17, 15) is 17.6 Å². The molecule has 0 heterocycles. The molecule has 1 saturated carbocycles. The van der Waals surface area contributed by atoms with E-state index in [1.54, 1.807) is 29.2 Å². The van der Waals surface area contributed by atoms with Crippen molar-refractivity contribution in [1.29, 1.82) is 0 Å². The van der Waals surface area contributed by atoms with Gasteiger partial charge in [-0.3, -0.25) is 4.79 Å². The van der Waals surface area contributed by atoms with E-state index in [1.165, 1.54) is 38.4 Å². The summed E-state index contributed by atoms with van der Waals surface area (Å²) in [6.07, 6.45) is 1.80. The van der Waals surface area contributed by atoms with Gasteiger partial charge in [-0.2, -0.15) is 0 Å². The molecule has 0 unspecified atom stereocenters. The molecule has 0 atom stereocenters. The van der Waals surface area contributed by atoms with Gasteiger partial charge >= 0.3 is 0 Å². The van der Waals surface area contributed by atoms with E-state index in [0.717, 1.165) is 17.1 Å². The molecule has 0 bridgehead atoms. The summed E-state index contributed by atoms with van der Waals surface area (Å²) in [4.78, 5) is 14.8. The minimum Gasteiger partial charge on any atom is -0.331 e. The quantitative estimate of drug-likeness (QED) is 0.779. The van der Waals surface area contributed by atoms with Gasteiger partial charge < -0.3 is 4.90 Å². The SMILES string of the molecule is CN(C)S(=O)(=O)c1cccc(C(=O)N(Cc2cccc(F)c2)C2CC2)c1. The van der Waals surface area contributed by atoms with Crippen LogP contribution >= 0.6 is 0 Å². The number of carbonyl (C=O) groups excluding carboxylic acids is 1. The van der Waals surface area contributed by atoms with Crippen LogP contribution in [0.1, 0.15) is 28.8 Å². The molecule has 3 rings (SSSR count). The molecule has 5 nitrogen and oxygen atoms in total. The van der Waals surface area contributed by atoms with E-state index in [-0.39, 0.29) is 22.7 Å². The largest absolute Gasteiger partial charge is 0.331 e. The van der Waals surface area contributed by atoms with Crippen LogP contribution in [0.25, 0.3) is 0 Å². The molecule has 2 aromatic rings. The molecule has 138 valence electrons. The van der Waals surface area contributed by atoms with Crippen LogP contribution < -0.4 is 0 Å². The fourth-order valence-corrected chi connectivity index (χ4v) is 3.70. The predicted octanol–water partition coefficient (Wildman–Crippen LogP) is 2.88. The maximum atomic E-state index is 13.4. The van der Waals surface area contributed by atoms with E-state index in [0.29, 0.717) is 17.7 Å². The zero-order valence-corrected chi connectivity index (χ0v) is 15.5. The molecule has 0 saturated heterocycles. The third kappa shape index (κ3) is 3.94. The average molecular weight is 376 g/mol. The second-order valence-corrected chi connectivity index (χ2v) is 8.76. The third-order valence-corrected chi connectivity index (χ3v) is 6.16. The van der Waals surface area contributed by atoms with E-state index in [2.05, 4.69) is 0 Å². The van der Waals surface area contributed by atoms with Crippen molar-refractivity contribution in [2.24, 2.45) is 0 Å². The Kier molecular flexibility index (Phi) is 5.11. The summed E-state index contributed by atoms with van der Waals surface area (Å²) < 4.78 is 39.2. The molecule has 0 aliphatic heterocycles. The number of halogens is 1. The highest BCUT2D eigenvalue weighted by Crippen LogP contribution is 2.30. The van der Waals surface area contributed by atoms with Crippen LogP contribution in [0.4, 0.5) is 4.39 Å². The lowest BCUT2D eigenvalue weighted by Gasteiger charge is -2.23. The summed E-state index contributed by atoms with van der Waals surface area (Å²) in [7, 11) is -0.717. The first-order valence-electron chi connectivity index (χ1n) is 8.37. The van der Waals surface area contributed by atoms with Crippen LogP contribution in [0.2, 0.25) is 0 Å². The molecule has 1 aliphatic carbocycles. The van der Waals surface area contributed by atoms with Crippen LogP contribution in [0.5, 0.6) is 0 Å². The zero-order chi connectivity index (χ0) is 18.9. The number of amides is 1. The molecule has 0 aromatic heterocycles. The smallest absolute Gasteiger partial charge is 0.254 e. The van der Waals surface area contributed by atoms with Crippen molar-refractivity contribution in [3.8, 4) is 0 Å². The van der Waals surface area contributed by atoms with Crippen LogP contribution in [-0.2, 0) is 16.6 Å². The molecule has 1 amide bonds. The normalized spacial score (nSPS) is 14.5. The van der Waals surface area contributed by atoms with Crippen molar-refractivity contribution < 1.29 is 17.6 Å². The fourth-order valence-electron chi connectivity index (χ4n) is 2.75. The van der Waals surface area contributed by atoms with Gasteiger partial charge in [0, 0.05) is 32.2 Å². The molecule has 0 spiro atoms. The summed E-state index contributed by atoms with van der Waals surface area (Å²) in [5, 5.41) is 0. The van der Waals surface area contributed by atoms with Gasteiger partial charge in [-0.25, -0.2) is 17.1 Å². The average Bonchev–Trinajstić information content (AvgIpc) is 3.44. The van der Waals surface area contributed by atoms with E-state index >= 15 is 0 Å². The molecule has 2 aromatic carbocycles. The molecule has 0 N–H and O–H groups in total. The van der Waals surface area contributed by atoms with Crippen LogP contribution in [-0.4, -0.2) is 43.7 Å². The second-order valence-electron chi connectivity index (χ2n) is 6.61. The number of hydrogen-bond acceptors (Lipinski definition) is 3. The minimum atomic E-state index is -3.61. The molecule has 26 heavy (non-hydrogen) atoms. The Morgan fingerprint density at radius 3 is 2.42 bits per heavy atom. The van der Waals surface area contributed by atoms with Gasteiger partial charge in [0.25, 0.3) is 5.91 Å². The lowest BCUT2D eigenvalue weighted by Crippen LogP contribution is -2.33. The Balaban J connectivity index is 1.89. The first-order valence-corrected chi connectivity index (χ1v) is 9.81. The number of nitrogens with zero attached hydrogens (tertiary/aromatic N) is 2. The Labute approximate surface area is 153 Å². The predicted molar refractivity (Wildman–Crippen MR) is 96.6 cm³/mol. The highest BCUT2D eigenvalue weighted by Gasteiger charge is 2.33. The number of rotatable bonds is 6. The van der Waals surface area contributed by atoms with Crippen molar-refractivity contribution in [2.75, 3.05) is 14.1 Å². The minimum absolute atomic E-state index is 0.0786. The number of hydrogen-bond donors (Lipinski definition) is 0. The third-order valence-electron chi connectivity index (χ3n) is 4.35. The van der Waals surface area contributed by atoms with Gasteiger partial charge in [0.2, 0.25) is 10.0 Å². The maximum Gasteiger partial charge on any atom is 0.254 e. The summed E-state index contributed by atoms with van der Waals surface area (Å²) in [6, 6.07) is 12.3. The van der Waals surface area contributed by atoms with Crippen molar-refractivity contribution in [3.63, 3.8) is 0 Å². The summed E-state index contributed by atoms with van der Waals surface area (Å²) >= 11 is 0. The van der Waals surface area contributed by atoms with Crippen molar-refractivity contribution in [3.05, 3.63) is 65.5 Å². The Hall–Kier alpha value is -2.25. The summed E-state index contributed by atoms with van der Waals surface area (Å²) in [5.74, 6) is -0.586. The lowest BCUT2D eigenvalue weighted by molar-refractivity contribution is 0.0729. The van der Waals surface area contributed by atoms with Gasteiger partial charge in [-0.15, -0.1) is 0 Å². The van der Waals surface area contributed by atoms with Gasteiger partial charge in [0.05, 0.1) is 4.90 Å².